The monoisotopic (exact) mass is 380 g/mol. The van der Waals surface area contributed by atoms with Gasteiger partial charge < -0.3 is 14.5 Å². The van der Waals surface area contributed by atoms with E-state index in [9.17, 15) is 9.59 Å². The molecule has 0 fully saturated rings. The van der Waals surface area contributed by atoms with Gasteiger partial charge >= 0.3 is 5.97 Å². The van der Waals surface area contributed by atoms with Crippen LogP contribution in [-0.2, 0) is 14.3 Å². The molecule has 1 aliphatic heterocycles. The summed E-state index contributed by atoms with van der Waals surface area (Å²) in [5.74, 6) is -0.509. The molecule has 7 nitrogen and oxygen atoms in total. The molecule has 3 heterocycles. The molecule has 0 radical (unpaired) electrons. The van der Waals surface area contributed by atoms with Crippen molar-refractivity contribution in [2.24, 2.45) is 4.99 Å². The number of anilines is 1. The fourth-order valence-electron chi connectivity index (χ4n) is 2.63. The number of rotatable bonds is 3. The number of aliphatic imine (C=N–C) groups is 1. The SMILES string of the molecule is CC(=O)Nc1ccc(C2=NC(=Cc3cn4cc(Cl)ccc4n3)C(=O)O2)cc1. The van der Waals surface area contributed by atoms with Crippen LogP contribution in [0.2, 0.25) is 5.02 Å². The number of imidazole rings is 1. The molecule has 27 heavy (non-hydrogen) atoms. The Kier molecular flexibility index (Phi) is 4.21. The number of cyclic esters (lactones) is 1. The average Bonchev–Trinajstić information content (AvgIpc) is 3.18. The highest BCUT2D eigenvalue weighted by atomic mass is 35.5. The molecule has 0 atom stereocenters. The Morgan fingerprint density at radius 1 is 1.19 bits per heavy atom. The molecule has 0 aliphatic carbocycles. The molecule has 1 N–H and O–H groups in total. The van der Waals surface area contributed by atoms with E-state index in [-0.39, 0.29) is 17.5 Å². The smallest absolute Gasteiger partial charge is 0.363 e. The van der Waals surface area contributed by atoms with Crippen molar-refractivity contribution >= 4 is 46.8 Å². The van der Waals surface area contributed by atoms with Gasteiger partial charge in [-0.25, -0.2) is 14.8 Å². The number of halogens is 1. The summed E-state index contributed by atoms with van der Waals surface area (Å²) < 4.78 is 7.01. The van der Waals surface area contributed by atoms with Gasteiger partial charge in [0.2, 0.25) is 11.8 Å². The molecule has 0 bridgehead atoms. The molecule has 2 aromatic heterocycles. The molecule has 0 saturated heterocycles. The van der Waals surface area contributed by atoms with Crippen LogP contribution in [0.4, 0.5) is 5.69 Å². The van der Waals surface area contributed by atoms with Crippen molar-refractivity contribution < 1.29 is 14.3 Å². The van der Waals surface area contributed by atoms with Crippen LogP contribution in [0.15, 0.2) is 59.5 Å². The topological polar surface area (TPSA) is 85.1 Å². The van der Waals surface area contributed by atoms with Gasteiger partial charge in [-0.2, -0.15) is 0 Å². The molecular formula is C19H13ClN4O3. The number of pyridine rings is 1. The molecule has 3 aromatic rings. The van der Waals surface area contributed by atoms with Gasteiger partial charge in [0.15, 0.2) is 5.70 Å². The summed E-state index contributed by atoms with van der Waals surface area (Å²) in [6, 6.07) is 10.4. The minimum absolute atomic E-state index is 0.158. The van der Waals surface area contributed by atoms with Crippen LogP contribution >= 0.6 is 11.6 Å². The van der Waals surface area contributed by atoms with E-state index >= 15 is 0 Å². The highest BCUT2D eigenvalue weighted by Crippen LogP contribution is 2.21. The summed E-state index contributed by atoms with van der Waals surface area (Å²) in [7, 11) is 0. The Morgan fingerprint density at radius 2 is 1.96 bits per heavy atom. The Hall–Kier alpha value is -3.45. The number of benzene rings is 1. The molecular weight excluding hydrogens is 368 g/mol. The molecule has 0 saturated carbocycles. The molecule has 1 aliphatic rings. The maximum Gasteiger partial charge on any atom is 0.363 e. The molecule has 1 amide bonds. The summed E-state index contributed by atoms with van der Waals surface area (Å²) in [6.07, 6.45) is 5.03. The van der Waals surface area contributed by atoms with Gasteiger partial charge in [-0.05, 0) is 42.5 Å². The van der Waals surface area contributed by atoms with E-state index in [1.54, 1.807) is 59.3 Å². The highest BCUT2D eigenvalue weighted by Gasteiger charge is 2.24. The highest BCUT2D eigenvalue weighted by molar-refractivity contribution is 6.30. The largest absolute Gasteiger partial charge is 0.402 e. The third-order valence-electron chi connectivity index (χ3n) is 3.79. The number of hydrogen-bond acceptors (Lipinski definition) is 5. The second-order valence-electron chi connectivity index (χ2n) is 5.87. The number of nitrogens with zero attached hydrogens (tertiary/aromatic N) is 3. The maximum absolute atomic E-state index is 12.1. The predicted octanol–water partition coefficient (Wildman–Crippen LogP) is 3.29. The number of ether oxygens (including phenoxy) is 1. The zero-order valence-electron chi connectivity index (χ0n) is 14.1. The first-order valence-corrected chi connectivity index (χ1v) is 8.40. The number of fused-ring (bicyclic) bond motifs is 1. The Morgan fingerprint density at radius 3 is 2.70 bits per heavy atom. The number of carbonyl (C=O) groups is 2. The maximum atomic E-state index is 12.1. The molecule has 134 valence electrons. The van der Waals surface area contributed by atoms with Crippen LogP contribution in [0.1, 0.15) is 18.2 Å². The lowest BCUT2D eigenvalue weighted by Gasteiger charge is -2.03. The third kappa shape index (κ3) is 3.58. The van der Waals surface area contributed by atoms with Crippen molar-refractivity contribution in [2.45, 2.75) is 6.92 Å². The third-order valence-corrected chi connectivity index (χ3v) is 4.01. The second kappa shape index (κ2) is 6.69. The van der Waals surface area contributed by atoms with Crippen molar-refractivity contribution in [3.05, 3.63) is 70.8 Å². The van der Waals surface area contributed by atoms with Crippen molar-refractivity contribution in [3.63, 3.8) is 0 Å². The zero-order chi connectivity index (χ0) is 19.0. The number of nitrogens with one attached hydrogen (secondary N) is 1. The average molecular weight is 381 g/mol. The van der Waals surface area contributed by atoms with E-state index in [2.05, 4.69) is 15.3 Å². The van der Waals surface area contributed by atoms with Crippen molar-refractivity contribution in [2.75, 3.05) is 5.32 Å². The first kappa shape index (κ1) is 17.0. The number of esters is 1. The normalized spacial score (nSPS) is 15.1. The van der Waals surface area contributed by atoms with E-state index in [0.717, 1.165) is 0 Å². The van der Waals surface area contributed by atoms with Crippen LogP contribution in [0.3, 0.4) is 0 Å². The molecule has 4 rings (SSSR count). The number of aromatic nitrogens is 2. The molecule has 0 spiro atoms. The molecule has 8 heteroatoms. The van der Waals surface area contributed by atoms with Gasteiger partial charge in [0, 0.05) is 30.6 Å². The lowest BCUT2D eigenvalue weighted by molar-refractivity contribution is -0.129. The standard InChI is InChI=1S/C19H13ClN4O3/c1-11(25)21-14-5-2-12(3-6-14)18-23-16(19(26)27-18)8-15-10-24-9-13(20)4-7-17(24)22-15/h2-10H,1H3,(H,21,25). The zero-order valence-corrected chi connectivity index (χ0v) is 14.9. The van der Waals surface area contributed by atoms with Crippen molar-refractivity contribution in [1.29, 1.82) is 0 Å². The molecule has 1 aromatic carbocycles. The van der Waals surface area contributed by atoms with E-state index in [4.69, 9.17) is 16.3 Å². The van der Waals surface area contributed by atoms with E-state index in [1.807, 2.05) is 0 Å². The quantitative estimate of drug-likeness (QED) is 0.558. The second-order valence-corrected chi connectivity index (χ2v) is 6.31. The Labute approximate surface area is 159 Å². The van der Waals surface area contributed by atoms with Crippen LogP contribution in [0, 0.1) is 0 Å². The van der Waals surface area contributed by atoms with Gasteiger partial charge in [0.1, 0.15) is 5.65 Å². The van der Waals surface area contributed by atoms with Gasteiger partial charge in [-0.3, -0.25) is 4.79 Å². The van der Waals surface area contributed by atoms with Gasteiger partial charge in [0.05, 0.1) is 10.7 Å². The lowest BCUT2D eigenvalue weighted by Crippen LogP contribution is -2.07. The Balaban J connectivity index is 1.61. The first-order chi connectivity index (χ1) is 13.0. The van der Waals surface area contributed by atoms with Gasteiger partial charge in [-0.1, -0.05) is 11.6 Å². The number of carbonyl (C=O) groups excluding carboxylic acids is 2. The number of hydrogen-bond donors (Lipinski definition) is 1. The van der Waals surface area contributed by atoms with Crippen LogP contribution in [-0.4, -0.2) is 27.2 Å². The summed E-state index contributed by atoms with van der Waals surface area (Å²) >= 11 is 5.96. The first-order valence-electron chi connectivity index (χ1n) is 8.03. The summed E-state index contributed by atoms with van der Waals surface area (Å²) in [5.41, 5.74) is 2.70. The summed E-state index contributed by atoms with van der Waals surface area (Å²) in [4.78, 5) is 31.9. The molecule has 0 unspecified atom stereocenters. The van der Waals surface area contributed by atoms with E-state index in [1.165, 1.54) is 6.92 Å². The predicted molar refractivity (Wildman–Crippen MR) is 102 cm³/mol. The van der Waals surface area contributed by atoms with Gasteiger partial charge in [0.25, 0.3) is 0 Å². The van der Waals surface area contributed by atoms with Crippen LogP contribution < -0.4 is 5.32 Å². The van der Waals surface area contributed by atoms with Crippen LogP contribution in [0.5, 0.6) is 0 Å². The fraction of sp³-hybridized carbons (Fsp3) is 0.0526. The number of amides is 1. The summed E-state index contributed by atoms with van der Waals surface area (Å²) in [5, 5.41) is 3.26. The minimum Gasteiger partial charge on any atom is -0.402 e. The summed E-state index contributed by atoms with van der Waals surface area (Å²) in [6.45, 7) is 1.43. The Bertz CT molecular complexity index is 1130. The van der Waals surface area contributed by atoms with E-state index < -0.39 is 5.97 Å². The van der Waals surface area contributed by atoms with Crippen LogP contribution in [0.25, 0.3) is 11.7 Å². The van der Waals surface area contributed by atoms with Gasteiger partial charge in [-0.15, -0.1) is 0 Å². The van der Waals surface area contributed by atoms with Crippen molar-refractivity contribution in [3.8, 4) is 0 Å². The van der Waals surface area contributed by atoms with E-state index in [0.29, 0.717) is 27.6 Å². The van der Waals surface area contributed by atoms with Crippen molar-refractivity contribution in [1.82, 2.24) is 9.38 Å². The lowest BCUT2D eigenvalue weighted by atomic mass is 10.2. The minimum atomic E-state index is -0.550. The fourth-order valence-corrected chi connectivity index (χ4v) is 2.79.